The Morgan fingerprint density at radius 1 is 1.12 bits per heavy atom. The van der Waals surface area contributed by atoms with Gasteiger partial charge in [0, 0.05) is 24.9 Å². The summed E-state index contributed by atoms with van der Waals surface area (Å²) >= 11 is 0. The molecule has 1 aliphatic rings. The van der Waals surface area contributed by atoms with Crippen LogP contribution in [0.15, 0.2) is 24.3 Å². The number of aryl methyl sites for hydroxylation is 1. The first-order valence-electron chi connectivity index (χ1n) is 6.05. The van der Waals surface area contributed by atoms with Gasteiger partial charge < -0.3 is 10.4 Å². The summed E-state index contributed by atoms with van der Waals surface area (Å²) in [5.74, 6) is 0.498. The maximum Gasteiger partial charge on any atom is 0.0971 e. The molecule has 1 aromatic rings. The fourth-order valence-corrected chi connectivity index (χ4v) is 2.70. The molecule has 0 unspecified atom stereocenters. The Balaban J connectivity index is 2.38. The predicted octanol–water partition coefficient (Wildman–Crippen LogP) is 2.06. The van der Waals surface area contributed by atoms with Gasteiger partial charge in [-0.2, -0.15) is 0 Å². The molecule has 0 spiro atoms. The summed E-state index contributed by atoms with van der Waals surface area (Å²) in [5, 5.41) is 14.3. The highest BCUT2D eigenvalue weighted by atomic mass is 16.3. The lowest BCUT2D eigenvalue weighted by atomic mass is 9.71. The van der Waals surface area contributed by atoms with E-state index in [0.717, 1.165) is 18.7 Å². The average Bonchev–Trinajstić information content (AvgIpc) is 2.27. The van der Waals surface area contributed by atoms with Crippen LogP contribution in [0.5, 0.6) is 0 Å². The normalized spacial score (nSPS) is 35.0. The molecule has 2 N–H and O–H groups in total. The van der Waals surface area contributed by atoms with E-state index in [4.69, 9.17) is 0 Å². The molecule has 0 aliphatic carbocycles. The SMILES string of the molecule is Cc1ccc([C@]2(O)[C@H](C)CNC[C@@H]2C)cc1. The zero-order chi connectivity index (χ0) is 11.8. The molecule has 0 amide bonds. The zero-order valence-corrected chi connectivity index (χ0v) is 10.3. The summed E-state index contributed by atoms with van der Waals surface area (Å²) in [7, 11) is 0. The topological polar surface area (TPSA) is 32.3 Å². The first kappa shape index (κ1) is 11.6. The molecule has 3 atom stereocenters. The second kappa shape index (κ2) is 4.19. The summed E-state index contributed by atoms with van der Waals surface area (Å²) in [6.07, 6.45) is 0. The Kier molecular flexibility index (Phi) is 3.04. The highest BCUT2D eigenvalue weighted by Crippen LogP contribution is 2.38. The molecule has 1 fully saturated rings. The van der Waals surface area contributed by atoms with Crippen LogP contribution in [0.25, 0.3) is 0 Å². The van der Waals surface area contributed by atoms with E-state index in [-0.39, 0.29) is 11.8 Å². The van der Waals surface area contributed by atoms with Crippen molar-refractivity contribution in [1.82, 2.24) is 5.32 Å². The Morgan fingerprint density at radius 3 is 2.12 bits per heavy atom. The third-order valence-corrected chi connectivity index (χ3v) is 3.92. The number of piperidine rings is 1. The molecule has 0 saturated carbocycles. The molecule has 2 heteroatoms. The van der Waals surface area contributed by atoms with Gasteiger partial charge in [-0.25, -0.2) is 0 Å². The van der Waals surface area contributed by atoms with Crippen LogP contribution in [0.1, 0.15) is 25.0 Å². The van der Waals surface area contributed by atoms with Gasteiger partial charge in [0.05, 0.1) is 5.60 Å². The van der Waals surface area contributed by atoms with Crippen LogP contribution in [-0.2, 0) is 5.60 Å². The van der Waals surface area contributed by atoms with Crippen LogP contribution in [0.4, 0.5) is 0 Å². The molecule has 2 nitrogen and oxygen atoms in total. The summed E-state index contributed by atoms with van der Waals surface area (Å²) in [6.45, 7) is 8.07. The highest BCUT2D eigenvalue weighted by molar-refractivity contribution is 5.28. The lowest BCUT2D eigenvalue weighted by Crippen LogP contribution is -2.52. The van der Waals surface area contributed by atoms with Crippen LogP contribution < -0.4 is 5.32 Å². The first-order valence-corrected chi connectivity index (χ1v) is 6.05. The second-order valence-electron chi connectivity index (χ2n) is 5.15. The van der Waals surface area contributed by atoms with Gasteiger partial charge in [-0.1, -0.05) is 43.7 Å². The maximum absolute atomic E-state index is 10.9. The van der Waals surface area contributed by atoms with Crippen molar-refractivity contribution in [1.29, 1.82) is 0 Å². The largest absolute Gasteiger partial charge is 0.385 e. The Hall–Kier alpha value is -0.860. The molecule has 2 rings (SSSR count). The van der Waals surface area contributed by atoms with Crippen molar-refractivity contribution >= 4 is 0 Å². The summed E-state index contributed by atoms with van der Waals surface area (Å²) in [4.78, 5) is 0. The summed E-state index contributed by atoms with van der Waals surface area (Å²) in [5.41, 5.74) is 1.61. The van der Waals surface area contributed by atoms with Crippen LogP contribution in [0.3, 0.4) is 0 Å². The zero-order valence-electron chi connectivity index (χ0n) is 10.3. The molecular weight excluding hydrogens is 198 g/mol. The van der Waals surface area contributed by atoms with Gasteiger partial charge in [-0.15, -0.1) is 0 Å². The lowest BCUT2D eigenvalue weighted by molar-refractivity contribution is -0.0806. The van der Waals surface area contributed by atoms with Crippen LogP contribution in [-0.4, -0.2) is 18.2 Å². The van der Waals surface area contributed by atoms with Crippen LogP contribution >= 0.6 is 0 Å². The van der Waals surface area contributed by atoms with Crippen LogP contribution in [0.2, 0.25) is 0 Å². The van der Waals surface area contributed by atoms with Crippen molar-refractivity contribution in [2.75, 3.05) is 13.1 Å². The number of rotatable bonds is 1. The molecular formula is C14H21NO. The third kappa shape index (κ3) is 1.76. The van der Waals surface area contributed by atoms with Gasteiger partial charge in [-0.05, 0) is 12.5 Å². The van der Waals surface area contributed by atoms with E-state index in [1.54, 1.807) is 0 Å². The monoisotopic (exact) mass is 219 g/mol. The van der Waals surface area contributed by atoms with Crippen LogP contribution in [0, 0.1) is 18.8 Å². The molecule has 0 radical (unpaired) electrons. The van der Waals surface area contributed by atoms with Crippen molar-refractivity contribution < 1.29 is 5.11 Å². The molecule has 1 saturated heterocycles. The molecule has 0 aromatic heterocycles. The van der Waals surface area contributed by atoms with Gasteiger partial charge in [0.1, 0.15) is 0 Å². The number of aliphatic hydroxyl groups is 1. The fraction of sp³-hybridized carbons (Fsp3) is 0.571. The smallest absolute Gasteiger partial charge is 0.0971 e. The Bertz CT molecular complexity index is 348. The van der Waals surface area contributed by atoms with Gasteiger partial charge in [-0.3, -0.25) is 0 Å². The summed E-state index contributed by atoms with van der Waals surface area (Å²) in [6, 6.07) is 8.28. The molecule has 1 aromatic carbocycles. The third-order valence-electron chi connectivity index (χ3n) is 3.92. The van der Waals surface area contributed by atoms with E-state index in [0.29, 0.717) is 0 Å². The summed E-state index contributed by atoms with van der Waals surface area (Å²) < 4.78 is 0. The highest BCUT2D eigenvalue weighted by Gasteiger charge is 2.43. The molecule has 1 heterocycles. The number of benzene rings is 1. The van der Waals surface area contributed by atoms with E-state index in [1.165, 1.54) is 5.56 Å². The second-order valence-corrected chi connectivity index (χ2v) is 5.15. The maximum atomic E-state index is 10.9. The quantitative estimate of drug-likeness (QED) is 0.757. The Labute approximate surface area is 97.7 Å². The molecule has 88 valence electrons. The van der Waals surface area contributed by atoms with Gasteiger partial charge in [0.15, 0.2) is 0 Å². The van der Waals surface area contributed by atoms with Crippen molar-refractivity contribution in [2.24, 2.45) is 11.8 Å². The molecule has 16 heavy (non-hydrogen) atoms. The van der Waals surface area contributed by atoms with Crippen molar-refractivity contribution in [3.63, 3.8) is 0 Å². The van der Waals surface area contributed by atoms with Crippen molar-refractivity contribution in [2.45, 2.75) is 26.4 Å². The van der Waals surface area contributed by atoms with Gasteiger partial charge in [0.25, 0.3) is 0 Å². The lowest BCUT2D eigenvalue weighted by Gasteiger charge is -2.44. The molecule has 1 aliphatic heterocycles. The van der Waals surface area contributed by atoms with E-state index in [1.807, 2.05) is 0 Å². The minimum atomic E-state index is -0.682. The van der Waals surface area contributed by atoms with Gasteiger partial charge in [0.2, 0.25) is 0 Å². The minimum absolute atomic E-state index is 0.249. The average molecular weight is 219 g/mol. The number of hydrogen-bond donors (Lipinski definition) is 2. The van der Waals surface area contributed by atoms with E-state index in [9.17, 15) is 5.11 Å². The Morgan fingerprint density at radius 2 is 1.62 bits per heavy atom. The fourth-order valence-electron chi connectivity index (χ4n) is 2.70. The van der Waals surface area contributed by atoms with E-state index in [2.05, 4.69) is 50.4 Å². The van der Waals surface area contributed by atoms with Crippen molar-refractivity contribution in [3.8, 4) is 0 Å². The predicted molar refractivity (Wildman–Crippen MR) is 66.3 cm³/mol. The first-order chi connectivity index (χ1) is 7.55. The van der Waals surface area contributed by atoms with E-state index >= 15 is 0 Å². The number of hydrogen-bond acceptors (Lipinski definition) is 2. The van der Waals surface area contributed by atoms with Gasteiger partial charge >= 0.3 is 0 Å². The number of nitrogens with one attached hydrogen (secondary N) is 1. The minimum Gasteiger partial charge on any atom is -0.385 e. The van der Waals surface area contributed by atoms with E-state index < -0.39 is 5.60 Å². The molecule has 0 bridgehead atoms. The van der Waals surface area contributed by atoms with Crippen molar-refractivity contribution in [3.05, 3.63) is 35.4 Å². The standard InChI is InChI=1S/C14H21NO/c1-10-4-6-13(7-5-10)14(16)11(2)8-15-9-12(14)3/h4-7,11-12,15-16H,8-9H2,1-3H3/t11-,12+,14+.